The van der Waals surface area contributed by atoms with Gasteiger partial charge >= 0.3 is 6.09 Å². The third-order valence-electron chi connectivity index (χ3n) is 2.51. The van der Waals surface area contributed by atoms with Crippen LogP contribution in [0.5, 0.6) is 5.75 Å². The topological polar surface area (TPSA) is 84.6 Å². The number of carbonyl (C=O) groups is 1. The Balaban J connectivity index is 2.65. The Morgan fingerprint density at radius 3 is 2.65 bits per heavy atom. The van der Waals surface area contributed by atoms with Crippen molar-refractivity contribution in [1.82, 2.24) is 5.32 Å². The van der Waals surface area contributed by atoms with Crippen LogP contribution in [-0.2, 0) is 11.2 Å². The Hall–Kier alpha value is -1.46. The molecule has 1 unspecified atom stereocenters. The van der Waals surface area contributed by atoms with Crippen LogP contribution in [-0.4, -0.2) is 29.4 Å². The van der Waals surface area contributed by atoms with Gasteiger partial charge in [0.25, 0.3) is 0 Å². The molecule has 0 heterocycles. The first kappa shape index (κ1) is 16.6. The molecule has 0 aromatic heterocycles. The highest BCUT2D eigenvalue weighted by Crippen LogP contribution is 2.22. The zero-order chi connectivity index (χ0) is 15.3. The van der Waals surface area contributed by atoms with Gasteiger partial charge in [-0.3, -0.25) is 0 Å². The Bertz CT molecular complexity index is 472. The van der Waals surface area contributed by atoms with Crippen LogP contribution < -0.4 is 11.1 Å². The molecule has 1 aromatic carbocycles. The number of nitrogens with two attached hydrogens (primary N) is 1. The second kappa shape index (κ2) is 6.81. The molecule has 112 valence electrons. The molecule has 5 nitrogen and oxygen atoms in total. The fourth-order valence-corrected chi connectivity index (χ4v) is 1.89. The van der Waals surface area contributed by atoms with Crippen molar-refractivity contribution in [2.45, 2.75) is 38.8 Å². The van der Waals surface area contributed by atoms with Crippen molar-refractivity contribution in [3.8, 4) is 5.75 Å². The first-order valence-corrected chi connectivity index (χ1v) is 6.76. The van der Waals surface area contributed by atoms with Gasteiger partial charge in [0, 0.05) is 17.6 Å². The van der Waals surface area contributed by atoms with Crippen LogP contribution in [0.3, 0.4) is 0 Å². The fourth-order valence-electron chi connectivity index (χ4n) is 1.63. The molecule has 0 aliphatic heterocycles. The van der Waals surface area contributed by atoms with Crippen molar-refractivity contribution in [2.75, 3.05) is 6.54 Å². The molecule has 0 saturated carbocycles. The van der Waals surface area contributed by atoms with Crippen LogP contribution in [0.4, 0.5) is 4.79 Å². The Morgan fingerprint density at radius 1 is 1.50 bits per heavy atom. The molecule has 0 fully saturated rings. The van der Waals surface area contributed by atoms with Gasteiger partial charge in [0.05, 0.1) is 0 Å². The van der Waals surface area contributed by atoms with E-state index >= 15 is 0 Å². The first-order chi connectivity index (χ1) is 9.21. The summed E-state index contributed by atoms with van der Waals surface area (Å²) in [6.45, 7) is 5.64. The molecule has 0 bridgehead atoms. The van der Waals surface area contributed by atoms with Gasteiger partial charge in [0.1, 0.15) is 11.4 Å². The number of ether oxygens (including phenoxy) is 1. The number of benzene rings is 1. The lowest BCUT2D eigenvalue weighted by Gasteiger charge is -2.23. The summed E-state index contributed by atoms with van der Waals surface area (Å²) in [6, 6.07) is 4.42. The lowest BCUT2D eigenvalue weighted by Crippen LogP contribution is -2.44. The fraction of sp³-hybridized carbons (Fsp3) is 0.500. The van der Waals surface area contributed by atoms with Crippen molar-refractivity contribution < 1.29 is 14.6 Å². The van der Waals surface area contributed by atoms with E-state index in [2.05, 4.69) is 5.32 Å². The molecule has 0 radical (unpaired) electrons. The molecule has 20 heavy (non-hydrogen) atoms. The Labute approximate surface area is 124 Å². The van der Waals surface area contributed by atoms with Crippen molar-refractivity contribution in [2.24, 2.45) is 5.73 Å². The van der Waals surface area contributed by atoms with Crippen LogP contribution in [0.1, 0.15) is 26.3 Å². The summed E-state index contributed by atoms with van der Waals surface area (Å²) >= 11 is 6.03. The summed E-state index contributed by atoms with van der Waals surface area (Å²) in [5.74, 6) is 0.100. The van der Waals surface area contributed by atoms with Gasteiger partial charge in [-0.15, -0.1) is 0 Å². The largest absolute Gasteiger partial charge is 0.508 e. The zero-order valence-corrected chi connectivity index (χ0v) is 12.7. The van der Waals surface area contributed by atoms with E-state index in [0.29, 0.717) is 11.4 Å². The second-order valence-electron chi connectivity index (χ2n) is 5.56. The van der Waals surface area contributed by atoms with Gasteiger partial charge in [-0.05, 0) is 44.9 Å². The van der Waals surface area contributed by atoms with E-state index in [1.165, 1.54) is 6.07 Å². The molecule has 1 amide bonds. The number of hydrogen-bond acceptors (Lipinski definition) is 4. The molecule has 4 N–H and O–H groups in total. The maximum atomic E-state index is 11.7. The number of carbonyl (C=O) groups excluding carboxylic acids is 1. The summed E-state index contributed by atoms with van der Waals surface area (Å²) in [6.07, 6.45) is -0.0441. The number of phenolic OH excluding ortho intramolecular Hbond substituents is 1. The number of halogens is 1. The van der Waals surface area contributed by atoms with Gasteiger partial charge in [-0.2, -0.15) is 0 Å². The van der Waals surface area contributed by atoms with Gasteiger partial charge in [0.2, 0.25) is 0 Å². The minimum atomic E-state index is -0.556. The number of phenols is 1. The summed E-state index contributed by atoms with van der Waals surface area (Å²) in [5.41, 5.74) is 5.90. The quantitative estimate of drug-likeness (QED) is 0.797. The smallest absolute Gasteiger partial charge is 0.407 e. The summed E-state index contributed by atoms with van der Waals surface area (Å²) < 4.78 is 5.18. The molecule has 0 spiro atoms. The molecule has 1 aromatic rings. The normalized spacial score (nSPS) is 12.8. The highest BCUT2D eigenvalue weighted by molar-refractivity contribution is 6.31. The molecule has 0 saturated heterocycles. The Kier molecular flexibility index (Phi) is 5.65. The summed E-state index contributed by atoms with van der Waals surface area (Å²) in [5, 5.41) is 12.4. The van der Waals surface area contributed by atoms with Crippen LogP contribution in [0.15, 0.2) is 18.2 Å². The molecule has 0 aliphatic carbocycles. The van der Waals surface area contributed by atoms with E-state index in [4.69, 9.17) is 22.1 Å². The molecule has 1 atom stereocenters. The van der Waals surface area contributed by atoms with Crippen molar-refractivity contribution in [1.29, 1.82) is 0 Å². The van der Waals surface area contributed by atoms with Gasteiger partial charge in [0.15, 0.2) is 0 Å². The van der Waals surface area contributed by atoms with Crippen LogP contribution in [0, 0.1) is 0 Å². The molecule has 1 rings (SSSR count). The highest BCUT2D eigenvalue weighted by Gasteiger charge is 2.19. The number of nitrogens with one attached hydrogen (secondary N) is 1. The first-order valence-electron chi connectivity index (χ1n) is 6.38. The maximum Gasteiger partial charge on any atom is 0.407 e. The van der Waals surface area contributed by atoms with E-state index in [-0.39, 0.29) is 18.3 Å². The average molecular weight is 301 g/mol. The molecule has 0 aliphatic rings. The Morgan fingerprint density at radius 2 is 2.15 bits per heavy atom. The summed E-state index contributed by atoms with van der Waals surface area (Å²) in [7, 11) is 0. The van der Waals surface area contributed by atoms with Gasteiger partial charge in [-0.25, -0.2) is 4.79 Å². The number of alkyl carbamates (subject to hydrolysis) is 1. The second-order valence-corrected chi connectivity index (χ2v) is 5.97. The van der Waals surface area contributed by atoms with E-state index in [1.807, 2.05) is 0 Å². The third-order valence-corrected chi connectivity index (χ3v) is 2.86. The van der Waals surface area contributed by atoms with Crippen molar-refractivity contribution in [3.05, 3.63) is 28.8 Å². The number of hydrogen-bond donors (Lipinski definition) is 3. The minimum absolute atomic E-state index is 0.100. The highest BCUT2D eigenvalue weighted by atomic mass is 35.5. The SMILES string of the molecule is CC(C)(C)OC(=O)NC(CN)Cc1ccc(O)cc1Cl. The predicted molar refractivity (Wildman–Crippen MR) is 79.0 cm³/mol. The zero-order valence-electron chi connectivity index (χ0n) is 11.9. The van der Waals surface area contributed by atoms with Crippen LogP contribution >= 0.6 is 11.6 Å². The van der Waals surface area contributed by atoms with E-state index in [0.717, 1.165) is 5.56 Å². The van der Waals surface area contributed by atoms with Crippen molar-refractivity contribution in [3.63, 3.8) is 0 Å². The van der Waals surface area contributed by atoms with E-state index in [1.54, 1.807) is 32.9 Å². The average Bonchev–Trinajstić information content (AvgIpc) is 2.29. The molecule has 6 heteroatoms. The lowest BCUT2D eigenvalue weighted by atomic mass is 10.1. The van der Waals surface area contributed by atoms with Crippen LogP contribution in [0.2, 0.25) is 5.02 Å². The monoisotopic (exact) mass is 300 g/mol. The minimum Gasteiger partial charge on any atom is -0.508 e. The number of rotatable bonds is 4. The van der Waals surface area contributed by atoms with Gasteiger partial charge < -0.3 is 20.9 Å². The van der Waals surface area contributed by atoms with E-state index < -0.39 is 11.7 Å². The standard InChI is InChI=1S/C14H21ClN2O3/c1-14(2,3)20-13(19)17-10(8-16)6-9-4-5-11(18)7-12(9)15/h4-5,7,10,18H,6,8,16H2,1-3H3,(H,17,19). The maximum absolute atomic E-state index is 11.7. The van der Waals surface area contributed by atoms with Crippen molar-refractivity contribution >= 4 is 17.7 Å². The van der Waals surface area contributed by atoms with Crippen LogP contribution in [0.25, 0.3) is 0 Å². The number of amides is 1. The van der Waals surface area contributed by atoms with E-state index in [9.17, 15) is 9.90 Å². The number of aromatic hydroxyl groups is 1. The lowest BCUT2D eigenvalue weighted by molar-refractivity contribution is 0.0506. The molecular weight excluding hydrogens is 280 g/mol. The molecular formula is C14H21ClN2O3. The van der Waals surface area contributed by atoms with Gasteiger partial charge in [-0.1, -0.05) is 17.7 Å². The third kappa shape index (κ3) is 5.67. The predicted octanol–water partition coefficient (Wildman–Crippen LogP) is 2.44. The summed E-state index contributed by atoms with van der Waals surface area (Å²) in [4.78, 5) is 11.7.